The average molecular weight is 229 g/mol. The van der Waals surface area contributed by atoms with Gasteiger partial charge in [-0.15, -0.1) is 0 Å². The van der Waals surface area contributed by atoms with Crippen LogP contribution in [0.15, 0.2) is 12.1 Å². The van der Waals surface area contributed by atoms with Gasteiger partial charge in [-0.05, 0) is 17.7 Å². The van der Waals surface area contributed by atoms with E-state index in [0.29, 0.717) is 0 Å². The van der Waals surface area contributed by atoms with Gasteiger partial charge in [0.05, 0.1) is 11.7 Å². The lowest BCUT2D eigenvalue weighted by atomic mass is 10.0. The number of benzene rings is 1. The van der Waals surface area contributed by atoms with Crippen LogP contribution in [0.1, 0.15) is 22.0 Å². The second kappa shape index (κ2) is 5.02. The van der Waals surface area contributed by atoms with Crippen LogP contribution in [0.25, 0.3) is 0 Å². The molecule has 0 aliphatic rings. The predicted molar refractivity (Wildman–Crippen MR) is 53.5 cm³/mol. The summed E-state index contributed by atoms with van der Waals surface area (Å²) in [5.74, 6) is -1.82. The second-order valence-corrected chi connectivity index (χ2v) is 3.31. The number of hydrogen-bond donors (Lipinski definition) is 4. The normalized spacial score (nSPS) is 14.5. The maximum atomic E-state index is 13.1. The first-order valence-corrected chi connectivity index (χ1v) is 4.55. The number of aldehydes is 1. The van der Waals surface area contributed by atoms with E-state index in [1.165, 1.54) is 0 Å². The minimum absolute atomic E-state index is 0.0182. The van der Waals surface area contributed by atoms with Gasteiger partial charge < -0.3 is 21.1 Å². The molecule has 0 bridgehead atoms. The van der Waals surface area contributed by atoms with Crippen LogP contribution < -0.4 is 5.73 Å². The minimum atomic E-state index is -1.40. The Bertz CT molecular complexity index is 397. The van der Waals surface area contributed by atoms with E-state index < -0.39 is 23.8 Å². The first-order valence-electron chi connectivity index (χ1n) is 4.55. The summed E-state index contributed by atoms with van der Waals surface area (Å²) in [6.07, 6.45) is -2.41. The Labute approximate surface area is 90.9 Å². The third-order valence-electron chi connectivity index (χ3n) is 2.19. The number of aliphatic hydroxyl groups is 2. The standard InChI is InChI=1S/C10H12FNO4/c11-7-2-5(10(16)8(14)3-12)1-6(4-13)9(7)15/h1-2,4,8,10,14-16H,3,12H2. The lowest BCUT2D eigenvalue weighted by Gasteiger charge is -2.17. The van der Waals surface area contributed by atoms with Crippen molar-refractivity contribution >= 4 is 6.29 Å². The zero-order valence-electron chi connectivity index (χ0n) is 8.30. The highest BCUT2D eigenvalue weighted by Gasteiger charge is 2.20. The molecule has 0 aromatic heterocycles. The van der Waals surface area contributed by atoms with Crippen LogP contribution in [0.3, 0.4) is 0 Å². The molecule has 0 heterocycles. The fourth-order valence-corrected chi connectivity index (χ4v) is 1.25. The summed E-state index contributed by atoms with van der Waals surface area (Å²) in [6, 6.07) is 1.93. The Morgan fingerprint density at radius 1 is 1.44 bits per heavy atom. The van der Waals surface area contributed by atoms with Crippen molar-refractivity contribution < 1.29 is 24.5 Å². The number of aromatic hydroxyl groups is 1. The summed E-state index contributed by atoms with van der Waals surface area (Å²) in [5, 5.41) is 27.9. The van der Waals surface area contributed by atoms with Crippen LogP contribution in [0, 0.1) is 5.82 Å². The maximum absolute atomic E-state index is 13.1. The number of carbonyl (C=O) groups is 1. The molecule has 6 heteroatoms. The maximum Gasteiger partial charge on any atom is 0.165 e. The van der Waals surface area contributed by atoms with Crippen LogP contribution in [0.5, 0.6) is 5.75 Å². The Balaban J connectivity index is 3.15. The number of carbonyl (C=O) groups excluding carboxylic acids is 1. The number of hydrogen-bond acceptors (Lipinski definition) is 5. The SMILES string of the molecule is NCC(O)C(O)c1cc(F)c(O)c(C=O)c1. The topological polar surface area (TPSA) is 104 Å². The smallest absolute Gasteiger partial charge is 0.165 e. The second-order valence-electron chi connectivity index (χ2n) is 3.31. The number of aliphatic hydroxyl groups excluding tert-OH is 2. The summed E-state index contributed by atoms with van der Waals surface area (Å²) in [5.41, 5.74) is 4.81. The van der Waals surface area contributed by atoms with Crippen LogP contribution in [0.4, 0.5) is 4.39 Å². The lowest BCUT2D eigenvalue weighted by molar-refractivity contribution is 0.0241. The van der Waals surface area contributed by atoms with Gasteiger partial charge in [0.1, 0.15) is 6.10 Å². The van der Waals surface area contributed by atoms with Gasteiger partial charge in [-0.2, -0.15) is 0 Å². The molecule has 0 amide bonds. The average Bonchev–Trinajstić information content (AvgIpc) is 2.30. The van der Waals surface area contributed by atoms with E-state index in [0.717, 1.165) is 12.1 Å². The third-order valence-corrected chi connectivity index (χ3v) is 2.19. The number of halogens is 1. The molecule has 2 atom stereocenters. The minimum Gasteiger partial charge on any atom is -0.504 e. The Hall–Kier alpha value is -1.50. The molecule has 1 aromatic rings. The fourth-order valence-electron chi connectivity index (χ4n) is 1.25. The molecule has 88 valence electrons. The Morgan fingerprint density at radius 3 is 2.56 bits per heavy atom. The largest absolute Gasteiger partial charge is 0.504 e. The lowest BCUT2D eigenvalue weighted by Crippen LogP contribution is -2.27. The molecule has 0 saturated heterocycles. The third kappa shape index (κ3) is 2.35. The molecule has 0 spiro atoms. The molecule has 0 radical (unpaired) electrons. The van der Waals surface area contributed by atoms with Crippen LogP contribution in [-0.2, 0) is 0 Å². The summed E-state index contributed by atoms with van der Waals surface area (Å²) >= 11 is 0. The molecule has 1 rings (SSSR count). The Kier molecular flexibility index (Phi) is 3.94. The number of phenolic OH excluding ortho intramolecular Hbond substituents is 1. The van der Waals surface area contributed by atoms with E-state index in [2.05, 4.69) is 0 Å². The van der Waals surface area contributed by atoms with Gasteiger partial charge in [0, 0.05) is 6.54 Å². The van der Waals surface area contributed by atoms with Crippen molar-refractivity contribution in [2.24, 2.45) is 5.73 Å². The van der Waals surface area contributed by atoms with Crippen molar-refractivity contribution in [2.75, 3.05) is 6.54 Å². The Morgan fingerprint density at radius 2 is 2.06 bits per heavy atom. The summed E-state index contributed by atoms with van der Waals surface area (Å²) in [4.78, 5) is 10.5. The van der Waals surface area contributed by atoms with E-state index in [1.807, 2.05) is 0 Å². The van der Waals surface area contributed by atoms with Gasteiger partial charge in [0.15, 0.2) is 17.9 Å². The highest BCUT2D eigenvalue weighted by molar-refractivity contribution is 5.79. The number of rotatable bonds is 4. The fraction of sp³-hybridized carbons (Fsp3) is 0.300. The molecule has 1 aromatic carbocycles. The van der Waals surface area contributed by atoms with Crippen molar-refractivity contribution in [3.8, 4) is 5.75 Å². The van der Waals surface area contributed by atoms with Crippen LogP contribution in [0.2, 0.25) is 0 Å². The van der Waals surface area contributed by atoms with Crippen LogP contribution in [-0.4, -0.2) is 34.3 Å². The summed E-state index contributed by atoms with van der Waals surface area (Å²) in [7, 11) is 0. The van der Waals surface area contributed by atoms with Gasteiger partial charge in [-0.1, -0.05) is 0 Å². The zero-order valence-corrected chi connectivity index (χ0v) is 8.30. The van der Waals surface area contributed by atoms with Gasteiger partial charge in [-0.3, -0.25) is 4.79 Å². The van der Waals surface area contributed by atoms with Gasteiger partial charge >= 0.3 is 0 Å². The summed E-state index contributed by atoms with van der Waals surface area (Å²) < 4.78 is 13.1. The zero-order chi connectivity index (χ0) is 12.3. The van der Waals surface area contributed by atoms with Crippen LogP contribution >= 0.6 is 0 Å². The highest BCUT2D eigenvalue weighted by atomic mass is 19.1. The van der Waals surface area contributed by atoms with Gasteiger partial charge in [0.25, 0.3) is 0 Å². The molecule has 0 saturated carbocycles. The van der Waals surface area contributed by atoms with Crippen molar-refractivity contribution in [3.63, 3.8) is 0 Å². The molecular weight excluding hydrogens is 217 g/mol. The monoisotopic (exact) mass is 229 g/mol. The molecule has 5 nitrogen and oxygen atoms in total. The van der Waals surface area contributed by atoms with Crippen molar-refractivity contribution in [1.29, 1.82) is 0 Å². The van der Waals surface area contributed by atoms with Gasteiger partial charge in [0.2, 0.25) is 0 Å². The molecule has 5 N–H and O–H groups in total. The van der Waals surface area contributed by atoms with Gasteiger partial charge in [-0.25, -0.2) is 4.39 Å². The van der Waals surface area contributed by atoms with Crippen molar-refractivity contribution in [3.05, 3.63) is 29.1 Å². The van der Waals surface area contributed by atoms with Crippen molar-refractivity contribution in [1.82, 2.24) is 0 Å². The quantitative estimate of drug-likeness (QED) is 0.530. The molecule has 2 unspecified atom stereocenters. The van der Waals surface area contributed by atoms with Crippen molar-refractivity contribution in [2.45, 2.75) is 12.2 Å². The molecule has 0 aliphatic carbocycles. The molecule has 0 aliphatic heterocycles. The number of nitrogens with two attached hydrogens (primary N) is 1. The van der Waals surface area contributed by atoms with E-state index in [1.54, 1.807) is 0 Å². The first-order chi connectivity index (χ1) is 7.51. The number of phenols is 1. The van der Waals surface area contributed by atoms with E-state index >= 15 is 0 Å². The molecule has 0 fully saturated rings. The van der Waals surface area contributed by atoms with E-state index in [9.17, 15) is 19.4 Å². The molecular formula is C10H12FNO4. The molecule has 16 heavy (non-hydrogen) atoms. The van der Waals surface area contributed by atoms with E-state index in [4.69, 9.17) is 10.8 Å². The summed E-state index contributed by atoms with van der Waals surface area (Å²) in [6.45, 7) is -0.208. The highest BCUT2D eigenvalue weighted by Crippen LogP contribution is 2.26. The van der Waals surface area contributed by atoms with E-state index in [-0.39, 0.29) is 24.0 Å². The predicted octanol–water partition coefficient (Wildman–Crippen LogP) is -0.303. The first kappa shape index (κ1) is 12.6.